The van der Waals surface area contributed by atoms with Gasteiger partial charge >= 0.3 is 17.1 Å². The maximum Gasteiger partial charge on any atom is 2.00 e. The number of rotatable bonds is 9. The van der Waals surface area contributed by atoms with E-state index in [1.807, 2.05) is 0 Å². The van der Waals surface area contributed by atoms with Crippen molar-refractivity contribution in [2.75, 3.05) is 14.1 Å². The van der Waals surface area contributed by atoms with Crippen molar-refractivity contribution in [1.29, 1.82) is 0 Å². The van der Waals surface area contributed by atoms with Gasteiger partial charge in [0.05, 0.1) is 22.8 Å². The molecule has 2 atom stereocenters. The van der Waals surface area contributed by atoms with Gasteiger partial charge in [-0.2, -0.15) is 0 Å². The largest absolute Gasteiger partial charge is 2.00 e. The molecule has 0 spiro atoms. The fourth-order valence-electron chi connectivity index (χ4n) is 8.96. The molecule has 48 heavy (non-hydrogen) atoms. The van der Waals surface area contributed by atoms with E-state index in [2.05, 4.69) is 111 Å². The normalized spacial score (nSPS) is 23.7. The van der Waals surface area contributed by atoms with Crippen molar-refractivity contribution in [3.8, 4) is 0 Å². The van der Waals surface area contributed by atoms with Crippen LogP contribution in [0, 0.1) is 0 Å². The molecule has 0 saturated carbocycles. The SMILES string of the molecule is CCC1=C(CC)/C2=C/C3[N-]C(C(CC)=C3CC)c3cccc4c3N=C(/C(C=[N+](C)C)=c3\[n-]/c(c(CC)c3CC)=C\C1=N2)C4(CC)CC.[Cu+2]. The molecule has 2 aromatic rings. The topological polar surface area (TPSA) is 55.9 Å². The van der Waals surface area contributed by atoms with Crippen molar-refractivity contribution in [3.63, 3.8) is 0 Å². The Kier molecular flexibility index (Phi) is 10.9. The van der Waals surface area contributed by atoms with Gasteiger partial charge in [-0.25, -0.2) is 9.57 Å². The number of fused-ring (bicyclic) bond motifs is 6. The number of hydrogen-bond donors (Lipinski definition) is 0. The van der Waals surface area contributed by atoms with Gasteiger partial charge in [0, 0.05) is 11.0 Å². The Morgan fingerprint density at radius 2 is 1.50 bits per heavy atom. The summed E-state index contributed by atoms with van der Waals surface area (Å²) in [6.07, 6.45) is 14.6. The second kappa shape index (κ2) is 14.4. The number of aliphatic imine (C=N–C) groups is 2. The average Bonchev–Trinajstić information content (AvgIpc) is 3.81. The maximum absolute atomic E-state index is 5.73. The van der Waals surface area contributed by atoms with Gasteiger partial charge in [0.1, 0.15) is 14.1 Å². The quantitative estimate of drug-likeness (QED) is 0.113. The first-order chi connectivity index (χ1) is 22.7. The van der Waals surface area contributed by atoms with E-state index in [4.69, 9.17) is 20.3 Å². The maximum atomic E-state index is 5.73. The molecular weight excluding hydrogens is 638 g/mol. The predicted molar refractivity (Wildman–Crippen MR) is 200 cm³/mol. The van der Waals surface area contributed by atoms with Gasteiger partial charge in [0.25, 0.3) is 0 Å². The number of para-hydroxylation sites is 1. The average molecular weight is 692 g/mol. The van der Waals surface area contributed by atoms with Crippen LogP contribution in [0.25, 0.3) is 17.0 Å². The number of benzene rings is 1. The summed E-state index contributed by atoms with van der Waals surface area (Å²) in [6, 6.07) is 6.90. The summed E-state index contributed by atoms with van der Waals surface area (Å²) < 4.78 is 2.17. The molecule has 1 aromatic carbocycles. The second-order valence-electron chi connectivity index (χ2n) is 13.6. The minimum absolute atomic E-state index is 0. The van der Waals surface area contributed by atoms with E-state index in [0.717, 1.165) is 90.4 Å². The van der Waals surface area contributed by atoms with E-state index in [9.17, 15) is 0 Å². The molecule has 6 heteroatoms. The van der Waals surface area contributed by atoms with Crippen LogP contribution in [0.4, 0.5) is 5.69 Å². The standard InChI is InChI=1S/C42H54N5.Cu/c1-11-25-26(12-2)35-23-37-28(14-4)30(16-6)39(45-37)32(24-47(9)10)41-42(17-7,18-8)33-21-19-20-31(40(33)46-41)38-29(15-5)27(13-3)36(44-38)22-34(25)43-35;/h19-24,36,38H,11-18H2,1-10H3;/q-1;+2/b34-22-,37-23-;. The monoisotopic (exact) mass is 691 g/mol. The van der Waals surface area contributed by atoms with Crippen molar-refractivity contribution >= 4 is 35.0 Å². The van der Waals surface area contributed by atoms with E-state index in [1.54, 1.807) is 0 Å². The first kappa shape index (κ1) is 36.2. The van der Waals surface area contributed by atoms with Gasteiger partial charge in [0.2, 0.25) is 0 Å². The zero-order chi connectivity index (χ0) is 33.6. The van der Waals surface area contributed by atoms with E-state index in [0.29, 0.717) is 0 Å². The van der Waals surface area contributed by atoms with Crippen LogP contribution >= 0.6 is 0 Å². The van der Waals surface area contributed by atoms with Gasteiger partial charge in [0.15, 0.2) is 6.21 Å². The molecule has 5 heterocycles. The molecule has 0 fully saturated rings. The molecule has 2 unspecified atom stereocenters. The summed E-state index contributed by atoms with van der Waals surface area (Å²) in [6.45, 7) is 18.3. The Labute approximate surface area is 299 Å². The van der Waals surface area contributed by atoms with Crippen molar-refractivity contribution < 1.29 is 21.6 Å². The van der Waals surface area contributed by atoms with Gasteiger partial charge in [-0.05, 0) is 73.6 Å². The summed E-state index contributed by atoms with van der Waals surface area (Å²) >= 11 is 0. The van der Waals surface area contributed by atoms with Crippen molar-refractivity contribution in [2.24, 2.45) is 9.98 Å². The van der Waals surface area contributed by atoms with Crippen LogP contribution in [-0.4, -0.2) is 42.4 Å². The minimum Gasteiger partial charge on any atom is -0.657 e. The van der Waals surface area contributed by atoms with E-state index in [1.165, 1.54) is 44.5 Å². The summed E-state index contributed by atoms with van der Waals surface area (Å²) in [5, 5.41) is 7.77. The van der Waals surface area contributed by atoms with Crippen LogP contribution in [0.5, 0.6) is 0 Å². The molecule has 0 saturated heterocycles. The molecule has 8 bridgehead atoms. The molecular formula is C42H54CuN5+. The van der Waals surface area contributed by atoms with E-state index < -0.39 is 0 Å². The van der Waals surface area contributed by atoms with Gasteiger partial charge in [-0.3, -0.25) is 4.99 Å². The molecule has 1 aromatic heterocycles. The number of nitrogens with zero attached hydrogens (tertiary/aromatic N) is 5. The summed E-state index contributed by atoms with van der Waals surface area (Å²) in [7, 11) is 4.24. The molecule has 5 nitrogen and oxygen atoms in total. The molecule has 0 aliphatic carbocycles. The van der Waals surface area contributed by atoms with Crippen LogP contribution in [0.3, 0.4) is 0 Å². The van der Waals surface area contributed by atoms with Gasteiger partial charge in [-0.15, -0.1) is 10.7 Å². The smallest absolute Gasteiger partial charge is 0.657 e. The van der Waals surface area contributed by atoms with Gasteiger partial charge in [-0.1, -0.05) is 120 Å². The molecule has 0 N–H and O–H groups in total. The summed E-state index contributed by atoms with van der Waals surface area (Å²) in [5.74, 6) is 0. The molecule has 0 amide bonds. The van der Waals surface area contributed by atoms with Crippen LogP contribution in [0.1, 0.15) is 122 Å². The molecule has 257 valence electrons. The molecule has 4 aliphatic heterocycles. The third-order valence-corrected chi connectivity index (χ3v) is 11.2. The minimum atomic E-state index is -0.206. The summed E-state index contributed by atoms with van der Waals surface area (Å²) in [5.41, 5.74) is 16.2. The first-order valence-corrected chi connectivity index (χ1v) is 18.3. The number of allylic oxidation sites excluding steroid dienone is 2. The van der Waals surface area contributed by atoms with Crippen molar-refractivity contribution in [2.45, 2.75) is 124 Å². The molecule has 4 aliphatic rings. The Morgan fingerprint density at radius 3 is 2.08 bits per heavy atom. The fraction of sp³-hybridized carbons (Fsp3) is 0.500. The Bertz CT molecular complexity index is 1920. The molecule has 6 rings (SSSR count). The van der Waals surface area contributed by atoms with Gasteiger partial charge < -0.3 is 10.3 Å². The third kappa shape index (κ3) is 5.53. The number of aromatic nitrogens is 1. The fourth-order valence-corrected chi connectivity index (χ4v) is 8.96. The Hall–Kier alpha value is -3.05. The molecule has 1 radical (unpaired) electrons. The van der Waals surface area contributed by atoms with Crippen LogP contribution in [0.2, 0.25) is 0 Å². The van der Waals surface area contributed by atoms with Crippen molar-refractivity contribution in [3.05, 3.63) is 90.5 Å². The van der Waals surface area contributed by atoms with E-state index >= 15 is 0 Å². The van der Waals surface area contributed by atoms with Crippen LogP contribution < -0.4 is 15.7 Å². The number of hydrogen-bond acceptors (Lipinski definition) is 2. The zero-order valence-corrected chi connectivity index (χ0v) is 31.8. The van der Waals surface area contributed by atoms with Crippen LogP contribution in [0.15, 0.2) is 62.2 Å². The van der Waals surface area contributed by atoms with Crippen LogP contribution in [-0.2, 0) is 35.3 Å². The first-order valence-electron chi connectivity index (χ1n) is 18.3. The predicted octanol–water partition coefficient (Wildman–Crippen LogP) is 8.27. The van der Waals surface area contributed by atoms with Crippen molar-refractivity contribution in [1.82, 2.24) is 4.98 Å². The Morgan fingerprint density at radius 1 is 0.812 bits per heavy atom. The zero-order valence-electron chi connectivity index (χ0n) is 30.8. The van der Waals surface area contributed by atoms with E-state index in [-0.39, 0.29) is 34.6 Å². The Balaban J connectivity index is 0.00000451. The summed E-state index contributed by atoms with van der Waals surface area (Å²) in [4.78, 5) is 16.7. The second-order valence-corrected chi connectivity index (χ2v) is 13.6. The third-order valence-electron chi connectivity index (χ3n) is 11.2.